The summed E-state index contributed by atoms with van der Waals surface area (Å²) < 4.78 is 0. The van der Waals surface area contributed by atoms with Gasteiger partial charge in [-0.05, 0) is 36.0 Å². The molecule has 0 bridgehead atoms. The third-order valence-corrected chi connectivity index (χ3v) is 3.30. The van der Waals surface area contributed by atoms with E-state index in [0.717, 1.165) is 29.0 Å². The summed E-state index contributed by atoms with van der Waals surface area (Å²) in [5, 5.41) is 0.796. The molecule has 1 aromatic carbocycles. The number of benzene rings is 1. The summed E-state index contributed by atoms with van der Waals surface area (Å²) in [6, 6.07) is 7.85. The van der Waals surface area contributed by atoms with Crippen molar-refractivity contribution in [2.45, 2.75) is 25.2 Å². The SMILES string of the molecule is C=C1CC(c2ccccc2Cl)CCC1=O. The van der Waals surface area contributed by atoms with E-state index in [2.05, 4.69) is 6.58 Å². The van der Waals surface area contributed by atoms with Gasteiger partial charge in [-0.15, -0.1) is 0 Å². The maximum atomic E-state index is 11.3. The van der Waals surface area contributed by atoms with Gasteiger partial charge in [0.1, 0.15) is 0 Å². The first kappa shape index (κ1) is 10.4. The first-order valence-electron chi connectivity index (χ1n) is 5.14. The first-order chi connectivity index (χ1) is 7.18. The number of ketones is 1. The number of halogens is 1. The first-order valence-corrected chi connectivity index (χ1v) is 5.51. The van der Waals surface area contributed by atoms with E-state index in [1.54, 1.807) is 0 Å². The molecule has 2 heteroatoms. The van der Waals surface area contributed by atoms with Gasteiger partial charge in [0.15, 0.2) is 5.78 Å². The van der Waals surface area contributed by atoms with Gasteiger partial charge in [0.25, 0.3) is 0 Å². The van der Waals surface area contributed by atoms with Crippen LogP contribution in [0.1, 0.15) is 30.7 Å². The zero-order valence-corrected chi connectivity index (χ0v) is 9.26. The van der Waals surface area contributed by atoms with Crippen molar-refractivity contribution < 1.29 is 4.79 Å². The highest BCUT2D eigenvalue weighted by molar-refractivity contribution is 6.31. The number of Topliss-reactive ketones (excluding diaryl/α,β-unsaturated/α-hetero) is 1. The number of carbonyl (C=O) groups excluding carboxylic acids is 1. The second kappa shape index (κ2) is 4.19. The number of hydrogen-bond acceptors (Lipinski definition) is 1. The van der Waals surface area contributed by atoms with Gasteiger partial charge >= 0.3 is 0 Å². The van der Waals surface area contributed by atoms with Gasteiger partial charge in [0.2, 0.25) is 0 Å². The van der Waals surface area contributed by atoms with Crippen LogP contribution in [-0.4, -0.2) is 5.78 Å². The van der Waals surface area contributed by atoms with Crippen molar-refractivity contribution in [1.82, 2.24) is 0 Å². The molecule has 1 atom stereocenters. The molecular weight excluding hydrogens is 208 g/mol. The molecule has 78 valence electrons. The van der Waals surface area contributed by atoms with Crippen molar-refractivity contribution in [2.24, 2.45) is 0 Å². The molecule has 1 aromatic rings. The van der Waals surface area contributed by atoms with Gasteiger partial charge in [-0.3, -0.25) is 4.79 Å². The maximum absolute atomic E-state index is 11.3. The Bertz CT molecular complexity index is 409. The highest BCUT2D eigenvalue weighted by Crippen LogP contribution is 2.36. The van der Waals surface area contributed by atoms with Crippen LogP contribution >= 0.6 is 11.6 Å². The van der Waals surface area contributed by atoms with Crippen LogP contribution in [0.3, 0.4) is 0 Å². The molecule has 1 unspecified atom stereocenters. The molecule has 1 nitrogen and oxygen atoms in total. The predicted octanol–water partition coefficient (Wildman–Crippen LogP) is 3.73. The van der Waals surface area contributed by atoms with Crippen molar-refractivity contribution in [1.29, 1.82) is 0 Å². The van der Waals surface area contributed by atoms with Crippen LogP contribution in [0.5, 0.6) is 0 Å². The molecule has 15 heavy (non-hydrogen) atoms. The molecule has 0 aliphatic heterocycles. The summed E-state index contributed by atoms with van der Waals surface area (Å²) >= 11 is 6.13. The quantitative estimate of drug-likeness (QED) is 0.659. The lowest BCUT2D eigenvalue weighted by molar-refractivity contribution is -0.116. The van der Waals surface area contributed by atoms with Crippen LogP contribution in [0, 0.1) is 0 Å². The van der Waals surface area contributed by atoms with E-state index < -0.39 is 0 Å². The summed E-state index contributed by atoms with van der Waals surface area (Å²) in [7, 11) is 0. The Morgan fingerprint density at radius 1 is 1.33 bits per heavy atom. The second-order valence-electron chi connectivity index (χ2n) is 3.99. The second-order valence-corrected chi connectivity index (χ2v) is 4.40. The standard InChI is InChI=1S/C13H13ClO/c1-9-8-10(6-7-13(9)15)11-4-2-3-5-12(11)14/h2-5,10H,1,6-8H2. The Kier molecular flexibility index (Phi) is 2.92. The van der Waals surface area contributed by atoms with Crippen molar-refractivity contribution in [2.75, 3.05) is 0 Å². The zero-order chi connectivity index (χ0) is 10.8. The third-order valence-electron chi connectivity index (χ3n) is 2.95. The fourth-order valence-corrected chi connectivity index (χ4v) is 2.36. The average Bonchev–Trinajstić information content (AvgIpc) is 2.23. The topological polar surface area (TPSA) is 17.1 Å². The van der Waals surface area contributed by atoms with Gasteiger partial charge in [0, 0.05) is 11.4 Å². The Morgan fingerprint density at radius 3 is 2.73 bits per heavy atom. The minimum Gasteiger partial charge on any atom is -0.295 e. The predicted molar refractivity (Wildman–Crippen MR) is 62.2 cm³/mol. The van der Waals surface area contributed by atoms with E-state index in [4.69, 9.17) is 11.6 Å². The molecule has 1 aliphatic carbocycles. The molecule has 1 fully saturated rings. The summed E-state index contributed by atoms with van der Waals surface area (Å²) in [6.07, 6.45) is 2.25. The van der Waals surface area contributed by atoms with E-state index >= 15 is 0 Å². The molecule has 0 aromatic heterocycles. The van der Waals surface area contributed by atoms with Gasteiger partial charge in [-0.25, -0.2) is 0 Å². The molecule has 0 amide bonds. The number of allylic oxidation sites excluding steroid dienone is 1. The summed E-state index contributed by atoms with van der Waals surface area (Å²) in [5.41, 5.74) is 1.89. The summed E-state index contributed by atoms with van der Waals surface area (Å²) in [4.78, 5) is 11.3. The average molecular weight is 221 g/mol. The van der Waals surface area contributed by atoms with Crippen LogP contribution in [0.2, 0.25) is 5.02 Å². The Balaban J connectivity index is 2.23. The minimum absolute atomic E-state index is 0.207. The molecule has 0 spiro atoms. The largest absolute Gasteiger partial charge is 0.295 e. The van der Waals surface area contributed by atoms with E-state index in [-0.39, 0.29) is 5.78 Å². The van der Waals surface area contributed by atoms with Gasteiger partial charge < -0.3 is 0 Å². The van der Waals surface area contributed by atoms with E-state index in [0.29, 0.717) is 12.3 Å². The molecule has 1 saturated carbocycles. The van der Waals surface area contributed by atoms with Gasteiger partial charge in [-0.2, -0.15) is 0 Å². The lowest BCUT2D eigenvalue weighted by Gasteiger charge is -2.23. The summed E-state index contributed by atoms with van der Waals surface area (Å²) in [5.74, 6) is 0.571. The Morgan fingerprint density at radius 2 is 2.07 bits per heavy atom. The molecule has 2 rings (SSSR count). The van der Waals surface area contributed by atoms with Crippen molar-refractivity contribution >= 4 is 17.4 Å². The lowest BCUT2D eigenvalue weighted by Crippen LogP contribution is -2.15. The number of rotatable bonds is 1. The Hall–Kier alpha value is -1.08. The maximum Gasteiger partial charge on any atom is 0.158 e. The van der Waals surface area contributed by atoms with Gasteiger partial charge in [-0.1, -0.05) is 36.4 Å². The number of carbonyl (C=O) groups is 1. The normalized spacial score (nSPS) is 21.8. The summed E-state index contributed by atoms with van der Waals surface area (Å²) in [6.45, 7) is 3.81. The fourth-order valence-electron chi connectivity index (χ4n) is 2.07. The molecule has 0 N–H and O–H groups in total. The molecular formula is C13H13ClO. The van der Waals surface area contributed by atoms with Crippen LogP contribution < -0.4 is 0 Å². The number of hydrogen-bond donors (Lipinski definition) is 0. The highest BCUT2D eigenvalue weighted by atomic mass is 35.5. The molecule has 0 saturated heterocycles. The van der Waals surface area contributed by atoms with Crippen LogP contribution in [0.15, 0.2) is 36.4 Å². The van der Waals surface area contributed by atoms with E-state index in [9.17, 15) is 4.79 Å². The molecule has 1 aliphatic rings. The van der Waals surface area contributed by atoms with Crippen molar-refractivity contribution in [3.05, 3.63) is 47.0 Å². The van der Waals surface area contributed by atoms with Crippen molar-refractivity contribution in [3.63, 3.8) is 0 Å². The van der Waals surface area contributed by atoms with E-state index in [1.807, 2.05) is 24.3 Å². The van der Waals surface area contributed by atoms with Crippen LogP contribution in [0.25, 0.3) is 0 Å². The molecule has 0 heterocycles. The zero-order valence-electron chi connectivity index (χ0n) is 8.50. The highest BCUT2D eigenvalue weighted by Gasteiger charge is 2.24. The van der Waals surface area contributed by atoms with Gasteiger partial charge in [0.05, 0.1) is 0 Å². The van der Waals surface area contributed by atoms with E-state index in [1.165, 1.54) is 0 Å². The van der Waals surface area contributed by atoms with Crippen LogP contribution in [0.4, 0.5) is 0 Å². The third kappa shape index (κ3) is 2.13. The van der Waals surface area contributed by atoms with Crippen molar-refractivity contribution in [3.8, 4) is 0 Å². The Labute approximate surface area is 94.8 Å². The fraction of sp³-hybridized carbons (Fsp3) is 0.308. The monoisotopic (exact) mass is 220 g/mol. The smallest absolute Gasteiger partial charge is 0.158 e. The van der Waals surface area contributed by atoms with Crippen LogP contribution in [-0.2, 0) is 4.79 Å². The minimum atomic E-state index is 0.207. The molecule has 0 radical (unpaired) electrons. The lowest BCUT2D eigenvalue weighted by atomic mass is 9.81.